The lowest BCUT2D eigenvalue weighted by Crippen LogP contribution is -2.02. The van der Waals surface area contributed by atoms with Gasteiger partial charge in [0.1, 0.15) is 16.4 Å². The van der Waals surface area contributed by atoms with E-state index in [1.165, 1.54) is 24.7 Å². The third-order valence-electron chi connectivity index (χ3n) is 2.36. The van der Waals surface area contributed by atoms with E-state index in [9.17, 15) is 9.18 Å². The number of hydrogen-bond acceptors (Lipinski definition) is 5. The summed E-state index contributed by atoms with van der Waals surface area (Å²) in [6, 6.07) is 2.93. The summed E-state index contributed by atoms with van der Waals surface area (Å²) >= 11 is 0.881. The lowest BCUT2D eigenvalue weighted by Gasteiger charge is -2.06. The summed E-state index contributed by atoms with van der Waals surface area (Å²) in [4.78, 5) is 22.6. The molecule has 0 amide bonds. The normalized spacial score (nSPS) is 10.4. The summed E-state index contributed by atoms with van der Waals surface area (Å²) in [5, 5.41) is 9.31. The second-order valence-corrected chi connectivity index (χ2v) is 4.53. The Kier molecular flexibility index (Phi) is 4.06. The first-order valence-electron chi connectivity index (χ1n) is 5.49. The Morgan fingerprint density at radius 1 is 1.37 bits per heavy atom. The molecule has 0 atom stereocenters. The molecule has 2 aromatic rings. The maximum atomic E-state index is 14.0. The van der Waals surface area contributed by atoms with Crippen molar-refractivity contribution in [1.82, 2.24) is 15.0 Å². The largest absolute Gasteiger partial charge is 0.478 e. The number of halogens is 1. The molecular formula is C12H10FN3O2S. The lowest BCUT2D eigenvalue weighted by atomic mass is 10.3. The lowest BCUT2D eigenvalue weighted by molar-refractivity contribution is 0.0692. The van der Waals surface area contributed by atoms with Crippen LogP contribution in [0.25, 0.3) is 0 Å². The van der Waals surface area contributed by atoms with Crippen LogP contribution in [0.15, 0.2) is 34.7 Å². The van der Waals surface area contributed by atoms with Crippen LogP contribution in [0.2, 0.25) is 0 Å². The highest BCUT2D eigenvalue weighted by atomic mass is 32.2. The van der Waals surface area contributed by atoms with Crippen molar-refractivity contribution in [3.05, 3.63) is 41.7 Å². The van der Waals surface area contributed by atoms with Crippen LogP contribution in [-0.2, 0) is 6.42 Å². The van der Waals surface area contributed by atoms with Crippen molar-refractivity contribution in [2.75, 3.05) is 0 Å². The quantitative estimate of drug-likeness (QED) is 0.866. The first-order chi connectivity index (χ1) is 9.13. The zero-order valence-electron chi connectivity index (χ0n) is 10.00. The van der Waals surface area contributed by atoms with E-state index < -0.39 is 11.8 Å². The van der Waals surface area contributed by atoms with E-state index in [-0.39, 0.29) is 15.6 Å². The number of aryl methyl sites for hydroxylation is 1. The van der Waals surface area contributed by atoms with Crippen LogP contribution in [0.1, 0.15) is 23.0 Å². The highest BCUT2D eigenvalue weighted by Gasteiger charge is 2.16. The van der Waals surface area contributed by atoms with Gasteiger partial charge in [-0.2, -0.15) is 0 Å². The number of rotatable bonds is 4. The van der Waals surface area contributed by atoms with Gasteiger partial charge in [-0.05, 0) is 30.3 Å². The van der Waals surface area contributed by atoms with Crippen molar-refractivity contribution < 1.29 is 14.3 Å². The molecule has 0 unspecified atom stereocenters. The minimum Gasteiger partial charge on any atom is -0.478 e. The maximum absolute atomic E-state index is 14.0. The molecule has 2 rings (SSSR count). The molecule has 2 heterocycles. The average Bonchev–Trinajstić information content (AvgIpc) is 2.41. The van der Waals surface area contributed by atoms with E-state index in [0.717, 1.165) is 11.8 Å². The summed E-state index contributed by atoms with van der Waals surface area (Å²) in [6.45, 7) is 1.78. The molecule has 98 valence electrons. The molecular weight excluding hydrogens is 269 g/mol. The summed E-state index contributed by atoms with van der Waals surface area (Å²) in [5.74, 6) is -1.64. The number of carboxylic acid groups (broad SMARTS) is 1. The van der Waals surface area contributed by atoms with Crippen LogP contribution in [0.4, 0.5) is 4.39 Å². The molecule has 7 heteroatoms. The number of nitrogens with zero attached hydrogens (tertiary/aromatic N) is 3. The molecule has 0 aromatic carbocycles. The molecule has 1 N–H and O–H groups in total. The van der Waals surface area contributed by atoms with E-state index in [4.69, 9.17) is 5.11 Å². The van der Waals surface area contributed by atoms with Crippen molar-refractivity contribution >= 4 is 17.7 Å². The highest BCUT2D eigenvalue weighted by Crippen LogP contribution is 2.29. The molecule has 5 nitrogen and oxygen atoms in total. The first kappa shape index (κ1) is 13.4. The predicted molar refractivity (Wildman–Crippen MR) is 66.7 cm³/mol. The van der Waals surface area contributed by atoms with Crippen LogP contribution < -0.4 is 0 Å². The van der Waals surface area contributed by atoms with Crippen molar-refractivity contribution in [3.63, 3.8) is 0 Å². The molecule has 2 aromatic heterocycles. The van der Waals surface area contributed by atoms with Gasteiger partial charge in [0.2, 0.25) is 0 Å². The summed E-state index contributed by atoms with van der Waals surface area (Å²) < 4.78 is 14.0. The summed E-state index contributed by atoms with van der Waals surface area (Å²) in [5.41, 5.74) is 0.314. The van der Waals surface area contributed by atoms with E-state index >= 15 is 0 Å². The highest BCUT2D eigenvalue weighted by molar-refractivity contribution is 7.99. The van der Waals surface area contributed by atoms with Gasteiger partial charge in [0.25, 0.3) is 0 Å². The molecule has 0 saturated carbocycles. The molecule has 0 aliphatic heterocycles. The SMILES string of the molecule is CCc1ncnc(Sc2ncccc2C(=O)O)c1F. The Hall–Kier alpha value is -2.02. The number of carboxylic acids is 1. The fourth-order valence-electron chi connectivity index (χ4n) is 1.43. The Bertz CT molecular complexity index is 622. The molecule has 0 saturated heterocycles. The Morgan fingerprint density at radius 2 is 2.16 bits per heavy atom. The number of hydrogen-bond donors (Lipinski definition) is 1. The van der Waals surface area contributed by atoms with Gasteiger partial charge in [0.15, 0.2) is 5.82 Å². The first-order valence-corrected chi connectivity index (χ1v) is 6.30. The zero-order valence-corrected chi connectivity index (χ0v) is 10.8. The smallest absolute Gasteiger partial charge is 0.338 e. The molecule has 0 bridgehead atoms. The number of aromatic nitrogens is 3. The Morgan fingerprint density at radius 3 is 2.84 bits per heavy atom. The molecule has 0 aliphatic rings. The van der Waals surface area contributed by atoms with E-state index in [2.05, 4.69) is 15.0 Å². The maximum Gasteiger partial charge on any atom is 0.338 e. The van der Waals surface area contributed by atoms with Crippen LogP contribution in [-0.4, -0.2) is 26.0 Å². The van der Waals surface area contributed by atoms with Gasteiger partial charge in [-0.25, -0.2) is 24.1 Å². The fraction of sp³-hybridized carbons (Fsp3) is 0.167. The van der Waals surface area contributed by atoms with E-state index in [0.29, 0.717) is 12.1 Å². The Labute approximate surface area is 112 Å². The third-order valence-corrected chi connectivity index (χ3v) is 3.36. The third kappa shape index (κ3) is 2.87. The van der Waals surface area contributed by atoms with Gasteiger partial charge >= 0.3 is 5.97 Å². The fourth-order valence-corrected chi connectivity index (χ4v) is 2.30. The number of carbonyl (C=O) groups is 1. The average molecular weight is 279 g/mol. The minimum atomic E-state index is -1.11. The number of pyridine rings is 1. The van der Waals surface area contributed by atoms with Crippen molar-refractivity contribution in [2.45, 2.75) is 23.4 Å². The topological polar surface area (TPSA) is 76.0 Å². The minimum absolute atomic E-state index is 0.0172. The van der Waals surface area contributed by atoms with Gasteiger partial charge in [0.05, 0.1) is 11.3 Å². The zero-order chi connectivity index (χ0) is 13.8. The molecule has 0 aliphatic carbocycles. The standard InChI is InChI=1S/C12H10FN3O2S/c1-2-8-9(13)11(16-6-15-8)19-10-7(12(17)18)4-3-5-14-10/h3-6H,2H2,1H3,(H,17,18). The molecule has 0 spiro atoms. The van der Waals surface area contributed by atoms with Gasteiger partial charge < -0.3 is 5.11 Å². The van der Waals surface area contributed by atoms with Crippen LogP contribution in [0.5, 0.6) is 0 Å². The second kappa shape index (κ2) is 5.75. The predicted octanol–water partition coefficient (Wildman–Crippen LogP) is 2.42. The van der Waals surface area contributed by atoms with Crippen LogP contribution in [0.3, 0.4) is 0 Å². The van der Waals surface area contributed by atoms with Gasteiger partial charge in [0, 0.05) is 6.20 Å². The van der Waals surface area contributed by atoms with Crippen molar-refractivity contribution in [1.29, 1.82) is 0 Å². The van der Waals surface area contributed by atoms with Crippen LogP contribution >= 0.6 is 11.8 Å². The molecule has 0 fully saturated rings. The Balaban J connectivity index is 2.39. The monoisotopic (exact) mass is 279 g/mol. The van der Waals surface area contributed by atoms with Gasteiger partial charge in [-0.1, -0.05) is 6.92 Å². The summed E-state index contributed by atoms with van der Waals surface area (Å²) in [7, 11) is 0. The summed E-state index contributed by atoms with van der Waals surface area (Å²) in [6.07, 6.45) is 3.15. The van der Waals surface area contributed by atoms with Crippen molar-refractivity contribution in [2.24, 2.45) is 0 Å². The van der Waals surface area contributed by atoms with Crippen LogP contribution in [0, 0.1) is 5.82 Å². The van der Waals surface area contributed by atoms with Gasteiger partial charge in [-0.3, -0.25) is 0 Å². The van der Waals surface area contributed by atoms with E-state index in [1.54, 1.807) is 6.92 Å². The second-order valence-electron chi connectivity index (χ2n) is 3.56. The van der Waals surface area contributed by atoms with Gasteiger partial charge in [-0.15, -0.1) is 0 Å². The van der Waals surface area contributed by atoms with E-state index in [1.807, 2.05) is 0 Å². The molecule has 0 radical (unpaired) electrons. The molecule has 19 heavy (non-hydrogen) atoms. The van der Waals surface area contributed by atoms with Crippen molar-refractivity contribution in [3.8, 4) is 0 Å². The number of aromatic carboxylic acids is 1.